The summed E-state index contributed by atoms with van der Waals surface area (Å²) in [5, 5.41) is 0. The number of hydrogen-bond acceptors (Lipinski definition) is 3. The van der Waals surface area contributed by atoms with E-state index in [0.29, 0.717) is 12.1 Å². The molecule has 1 heterocycles. The molecule has 0 bridgehead atoms. The minimum atomic E-state index is 0.549. The van der Waals surface area contributed by atoms with Gasteiger partial charge in [-0.1, -0.05) is 13.8 Å². The Bertz CT molecular complexity index is 182. The molecule has 1 rings (SSSR count). The van der Waals surface area contributed by atoms with Crippen LogP contribution >= 0.6 is 0 Å². The fourth-order valence-electron chi connectivity index (χ4n) is 2.26. The number of likely N-dealkylation sites (N-methyl/N-ethyl adjacent to an activating group) is 1. The molecule has 0 spiro atoms. The smallest absolute Gasteiger partial charge is 0.0343 e. The Morgan fingerprint density at radius 1 is 1.33 bits per heavy atom. The maximum absolute atomic E-state index is 5.79. The summed E-state index contributed by atoms with van der Waals surface area (Å²) in [5.41, 5.74) is 5.79. The van der Waals surface area contributed by atoms with Crippen molar-refractivity contribution in [3.8, 4) is 0 Å². The molecular formula is C12H27N3. The highest BCUT2D eigenvalue weighted by molar-refractivity contribution is 4.85. The molecule has 0 amide bonds. The molecule has 0 saturated carbocycles. The topological polar surface area (TPSA) is 32.5 Å². The van der Waals surface area contributed by atoms with Gasteiger partial charge < -0.3 is 5.73 Å². The standard InChI is InChI=1S/C12H27N3/c1-10(2)5-6-15-9-12(7-13)14(4)8-11(15)3/h10-12H,5-9,13H2,1-4H3. The molecule has 3 heteroatoms. The van der Waals surface area contributed by atoms with Crippen molar-refractivity contribution in [3.05, 3.63) is 0 Å². The van der Waals surface area contributed by atoms with Crippen molar-refractivity contribution < 1.29 is 0 Å². The van der Waals surface area contributed by atoms with Crippen LogP contribution in [0.4, 0.5) is 0 Å². The quantitative estimate of drug-likeness (QED) is 0.756. The first-order valence-corrected chi connectivity index (χ1v) is 6.19. The van der Waals surface area contributed by atoms with Gasteiger partial charge in [0.25, 0.3) is 0 Å². The van der Waals surface area contributed by atoms with E-state index in [1.54, 1.807) is 0 Å². The molecule has 0 radical (unpaired) electrons. The Morgan fingerprint density at radius 2 is 2.00 bits per heavy atom. The molecule has 2 unspecified atom stereocenters. The van der Waals surface area contributed by atoms with E-state index < -0.39 is 0 Å². The monoisotopic (exact) mass is 213 g/mol. The summed E-state index contributed by atoms with van der Waals surface area (Å²) >= 11 is 0. The highest BCUT2D eigenvalue weighted by Crippen LogP contribution is 2.14. The van der Waals surface area contributed by atoms with Crippen molar-refractivity contribution in [2.45, 2.75) is 39.3 Å². The lowest BCUT2D eigenvalue weighted by Gasteiger charge is -2.43. The molecule has 1 saturated heterocycles. The van der Waals surface area contributed by atoms with E-state index >= 15 is 0 Å². The van der Waals surface area contributed by atoms with Crippen molar-refractivity contribution >= 4 is 0 Å². The predicted molar refractivity (Wildman–Crippen MR) is 66.0 cm³/mol. The number of rotatable bonds is 4. The van der Waals surface area contributed by atoms with E-state index in [0.717, 1.165) is 25.6 Å². The molecule has 0 aromatic heterocycles. The maximum atomic E-state index is 5.79. The van der Waals surface area contributed by atoms with Gasteiger partial charge in [-0.3, -0.25) is 9.80 Å². The third-order valence-corrected chi connectivity index (χ3v) is 3.51. The van der Waals surface area contributed by atoms with Crippen LogP contribution in [0.25, 0.3) is 0 Å². The van der Waals surface area contributed by atoms with Gasteiger partial charge in [0, 0.05) is 31.7 Å². The van der Waals surface area contributed by atoms with Gasteiger partial charge in [-0.15, -0.1) is 0 Å². The minimum Gasteiger partial charge on any atom is -0.329 e. The molecule has 90 valence electrons. The Kier molecular flexibility index (Phi) is 5.03. The highest BCUT2D eigenvalue weighted by Gasteiger charge is 2.27. The van der Waals surface area contributed by atoms with Crippen LogP contribution in [0.3, 0.4) is 0 Å². The van der Waals surface area contributed by atoms with Gasteiger partial charge >= 0.3 is 0 Å². The summed E-state index contributed by atoms with van der Waals surface area (Å²) in [4.78, 5) is 4.99. The van der Waals surface area contributed by atoms with E-state index in [1.807, 2.05) is 0 Å². The Morgan fingerprint density at radius 3 is 2.53 bits per heavy atom. The lowest BCUT2D eigenvalue weighted by atomic mass is 10.1. The average Bonchev–Trinajstić information content (AvgIpc) is 2.16. The van der Waals surface area contributed by atoms with E-state index in [2.05, 4.69) is 37.6 Å². The molecule has 3 nitrogen and oxygen atoms in total. The number of nitrogens with two attached hydrogens (primary N) is 1. The first-order chi connectivity index (χ1) is 7.04. The fourth-order valence-corrected chi connectivity index (χ4v) is 2.26. The van der Waals surface area contributed by atoms with Crippen LogP contribution in [0.15, 0.2) is 0 Å². The predicted octanol–water partition coefficient (Wildman–Crippen LogP) is 0.996. The Hall–Kier alpha value is -0.120. The van der Waals surface area contributed by atoms with E-state index in [9.17, 15) is 0 Å². The lowest BCUT2D eigenvalue weighted by Crippen LogP contribution is -2.58. The second-order valence-corrected chi connectivity index (χ2v) is 5.36. The second-order valence-electron chi connectivity index (χ2n) is 5.36. The Labute approximate surface area is 94.6 Å². The van der Waals surface area contributed by atoms with Crippen molar-refractivity contribution in [1.82, 2.24) is 9.80 Å². The van der Waals surface area contributed by atoms with Crippen LogP contribution in [-0.4, -0.2) is 55.1 Å². The first-order valence-electron chi connectivity index (χ1n) is 6.19. The van der Waals surface area contributed by atoms with Crippen molar-refractivity contribution in [1.29, 1.82) is 0 Å². The molecule has 15 heavy (non-hydrogen) atoms. The van der Waals surface area contributed by atoms with Gasteiger partial charge in [-0.2, -0.15) is 0 Å². The summed E-state index contributed by atoms with van der Waals surface area (Å²) in [6, 6.07) is 1.23. The highest BCUT2D eigenvalue weighted by atomic mass is 15.3. The number of piperazine rings is 1. The summed E-state index contributed by atoms with van der Waals surface area (Å²) in [5.74, 6) is 0.799. The van der Waals surface area contributed by atoms with Crippen LogP contribution < -0.4 is 5.73 Å². The van der Waals surface area contributed by atoms with Gasteiger partial charge in [-0.25, -0.2) is 0 Å². The van der Waals surface area contributed by atoms with Crippen LogP contribution in [0.2, 0.25) is 0 Å². The summed E-state index contributed by atoms with van der Waals surface area (Å²) < 4.78 is 0. The van der Waals surface area contributed by atoms with E-state index in [-0.39, 0.29) is 0 Å². The zero-order valence-electron chi connectivity index (χ0n) is 10.7. The lowest BCUT2D eigenvalue weighted by molar-refractivity contribution is 0.0529. The van der Waals surface area contributed by atoms with Crippen molar-refractivity contribution in [2.75, 3.05) is 33.2 Å². The molecule has 0 aliphatic carbocycles. The molecule has 2 N–H and O–H groups in total. The summed E-state index contributed by atoms with van der Waals surface area (Å²) in [7, 11) is 2.19. The van der Waals surface area contributed by atoms with Gasteiger partial charge in [0.05, 0.1) is 0 Å². The van der Waals surface area contributed by atoms with Gasteiger partial charge in [-0.05, 0) is 32.9 Å². The third kappa shape index (κ3) is 3.74. The molecule has 1 aliphatic rings. The summed E-state index contributed by atoms with van der Waals surface area (Å²) in [6.07, 6.45) is 1.30. The normalized spacial score (nSPS) is 30.0. The van der Waals surface area contributed by atoms with Crippen LogP contribution in [0.1, 0.15) is 27.2 Å². The largest absolute Gasteiger partial charge is 0.329 e. The molecule has 1 aliphatic heterocycles. The van der Waals surface area contributed by atoms with Crippen molar-refractivity contribution in [2.24, 2.45) is 11.7 Å². The van der Waals surface area contributed by atoms with Crippen LogP contribution in [-0.2, 0) is 0 Å². The Balaban J connectivity index is 2.42. The molecule has 0 aromatic rings. The van der Waals surface area contributed by atoms with E-state index in [1.165, 1.54) is 13.0 Å². The van der Waals surface area contributed by atoms with Crippen LogP contribution in [0, 0.1) is 5.92 Å². The van der Waals surface area contributed by atoms with E-state index in [4.69, 9.17) is 5.73 Å². The SMILES string of the molecule is CC(C)CCN1CC(CN)N(C)CC1C. The summed E-state index contributed by atoms with van der Waals surface area (Å²) in [6.45, 7) is 11.2. The molecule has 1 fully saturated rings. The number of nitrogens with zero attached hydrogens (tertiary/aromatic N) is 2. The van der Waals surface area contributed by atoms with Gasteiger partial charge in [0.1, 0.15) is 0 Å². The minimum absolute atomic E-state index is 0.549. The van der Waals surface area contributed by atoms with Gasteiger partial charge in [0.2, 0.25) is 0 Å². The fraction of sp³-hybridized carbons (Fsp3) is 1.00. The second kappa shape index (κ2) is 5.83. The zero-order valence-corrected chi connectivity index (χ0v) is 10.7. The molecular weight excluding hydrogens is 186 g/mol. The van der Waals surface area contributed by atoms with Gasteiger partial charge in [0.15, 0.2) is 0 Å². The first kappa shape index (κ1) is 12.9. The average molecular weight is 213 g/mol. The number of hydrogen-bond donors (Lipinski definition) is 1. The zero-order chi connectivity index (χ0) is 11.4. The van der Waals surface area contributed by atoms with Crippen molar-refractivity contribution in [3.63, 3.8) is 0 Å². The molecule has 0 aromatic carbocycles. The maximum Gasteiger partial charge on any atom is 0.0343 e. The molecule has 2 atom stereocenters. The van der Waals surface area contributed by atoms with Crippen LogP contribution in [0.5, 0.6) is 0 Å². The third-order valence-electron chi connectivity index (χ3n) is 3.51.